The number of hydrogen-bond donors (Lipinski definition) is 1. The van der Waals surface area contributed by atoms with Crippen LogP contribution in [0.1, 0.15) is 30.1 Å². The standard InChI is InChI=1S/C22H22F3N5O2/c1-28-21(32)30(18-8-3-2-4-9-18)19(27-28)15-10-12-29(13-11-15)20(31)26-17-7-5-6-16(14-17)22(23,24)25/h2-9,14-15H,10-13H2,1H3,(H,26,31). The lowest BCUT2D eigenvalue weighted by atomic mass is 9.96. The van der Waals surface area contributed by atoms with E-state index >= 15 is 0 Å². The number of hydrogen-bond acceptors (Lipinski definition) is 3. The third kappa shape index (κ3) is 4.39. The Kier molecular flexibility index (Phi) is 5.77. The topological polar surface area (TPSA) is 72.2 Å². The minimum absolute atomic E-state index is 0.0262. The lowest BCUT2D eigenvalue weighted by Gasteiger charge is -2.31. The van der Waals surface area contributed by atoms with E-state index in [-0.39, 0.29) is 17.3 Å². The van der Waals surface area contributed by atoms with Gasteiger partial charge in [0.2, 0.25) is 0 Å². The summed E-state index contributed by atoms with van der Waals surface area (Å²) in [6, 6.07) is 13.3. The Morgan fingerprint density at radius 2 is 1.75 bits per heavy atom. The van der Waals surface area contributed by atoms with Crippen molar-refractivity contribution in [2.75, 3.05) is 18.4 Å². The number of aromatic nitrogens is 3. The molecular weight excluding hydrogens is 423 g/mol. The van der Waals surface area contributed by atoms with Crippen molar-refractivity contribution >= 4 is 11.7 Å². The maximum absolute atomic E-state index is 12.9. The van der Waals surface area contributed by atoms with Crippen LogP contribution < -0.4 is 11.0 Å². The average Bonchev–Trinajstić information content (AvgIpc) is 3.08. The van der Waals surface area contributed by atoms with Crippen LogP contribution in [0.5, 0.6) is 0 Å². The van der Waals surface area contributed by atoms with Crippen molar-refractivity contribution < 1.29 is 18.0 Å². The summed E-state index contributed by atoms with van der Waals surface area (Å²) in [5, 5.41) is 6.96. The Hall–Kier alpha value is -3.56. The fourth-order valence-electron chi connectivity index (χ4n) is 3.88. The number of anilines is 1. The number of nitrogens with one attached hydrogen (secondary N) is 1. The molecule has 1 fully saturated rings. The van der Waals surface area contributed by atoms with Gasteiger partial charge in [0.1, 0.15) is 5.82 Å². The summed E-state index contributed by atoms with van der Waals surface area (Å²) in [4.78, 5) is 26.8. The van der Waals surface area contributed by atoms with Gasteiger partial charge < -0.3 is 10.2 Å². The van der Waals surface area contributed by atoms with Gasteiger partial charge in [-0.15, -0.1) is 0 Å². The number of rotatable bonds is 3. The number of urea groups is 1. The molecule has 1 aromatic heterocycles. The summed E-state index contributed by atoms with van der Waals surface area (Å²) in [7, 11) is 1.60. The number of carbonyl (C=O) groups excluding carboxylic acids is 1. The van der Waals surface area contributed by atoms with Gasteiger partial charge in [0.05, 0.1) is 11.3 Å². The van der Waals surface area contributed by atoms with Gasteiger partial charge in [0.15, 0.2) is 0 Å². The summed E-state index contributed by atoms with van der Waals surface area (Å²) >= 11 is 0. The largest absolute Gasteiger partial charge is 0.416 e. The highest BCUT2D eigenvalue weighted by Gasteiger charge is 2.31. The number of nitrogens with zero attached hydrogens (tertiary/aromatic N) is 4. The molecule has 2 heterocycles. The van der Waals surface area contributed by atoms with Gasteiger partial charge in [-0.3, -0.25) is 0 Å². The molecule has 1 N–H and O–H groups in total. The zero-order valence-corrected chi connectivity index (χ0v) is 17.3. The summed E-state index contributed by atoms with van der Waals surface area (Å²) in [6.07, 6.45) is -3.31. The first-order valence-electron chi connectivity index (χ1n) is 10.2. The van der Waals surface area contributed by atoms with Crippen LogP contribution in [-0.2, 0) is 13.2 Å². The second kappa shape index (κ2) is 8.52. The van der Waals surface area contributed by atoms with Crippen molar-refractivity contribution in [1.82, 2.24) is 19.2 Å². The zero-order valence-electron chi connectivity index (χ0n) is 17.3. The molecule has 168 valence electrons. The monoisotopic (exact) mass is 445 g/mol. The van der Waals surface area contributed by atoms with E-state index in [0.29, 0.717) is 31.8 Å². The average molecular weight is 445 g/mol. The molecule has 10 heteroatoms. The molecule has 3 aromatic rings. The Bertz CT molecular complexity index is 1160. The second-order valence-corrected chi connectivity index (χ2v) is 7.71. The van der Waals surface area contributed by atoms with Gasteiger partial charge in [-0.25, -0.2) is 18.8 Å². The SMILES string of the molecule is Cn1nc(C2CCN(C(=O)Nc3cccc(C(F)(F)F)c3)CC2)n(-c2ccccc2)c1=O. The van der Waals surface area contributed by atoms with Crippen LogP contribution in [0.4, 0.5) is 23.7 Å². The number of para-hydroxylation sites is 1. The molecule has 1 aliphatic rings. The molecular formula is C22H22F3N5O2. The van der Waals surface area contributed by atoms with Gasteiger partial charge in [0.25, 0.3) is 0 Å². The quantitative estimate of drug-likeness (QED) is 0.663. The Morgan fingerprint density at radius 1 is 1.06 bits per heavy atom. The molecule has 0 aliphatic carbocycles. The molecule has 0 saturated carbocycles. The van der Waals surface area contributed by atoms with Gasteiger partial charge in [-0.2, -0.15) is 18.3 Å². The third-order valence-corrected chi connectivity index (χ3v) is 5.55. The maximum Gasteiger partial charge on any atom is 0.416 e. The number of carbonyl (C=O) groups is 1. The Labute approximate surface area is 182 Å². The van der Waals surface area contributed by atoms with Crippen molar-refractivity contribution in [2.45, 2.75) is 24.9 Å². The van der Waals surface area contributed by atoms with E-state index in [1.807, 2.05) is 30.3 Å². The van der Waals surface area contributed by atoms with Crippen LogP contribution in [0, 0.1) is 0 Å². The van der Waals surface area contributed by atoms with Crippen molar-refractivity contribution in [2.24, 2.45) is 7.05 Å². The first-order valence-corrected chi connectivity index (χ1v) is 10.2. The number of amides is 2. The fourth-order valence-corrected chi connectivity index (χ4v) is 3.88. The second-order valence-electron chi connectivity index (χ2n) is 7.71. The van der Waals surface area contributed by atoms with E-state index < -0.39 is 17.8 Å². The smallest absolute Gasteiger partial charge is 0.324 e. The predicted molar refractivity (Wildman–Crippen MR) is 113 cm³/mol. The molecule has 1 aliphatic heterocycles. The summed E-state index contributed by atoms with van der Waals surface area (Å²) in [5.41, 5.74) is -0.237. The minimum atomic E-state index is -4.48. The van der Waals surface area contributed by atoms with Gasteiger partial charge >= 0.3 is 17.9 Å². The maximum atomic E-state index is 12.9. The first kappa shape index (κ1) is 21.7. The van der Waals surface area contributed by atoms with Crippen LogP contribution in [0.25, 0.3) is 5.69 Å². The van der Waals surface area contributed by atoms with Crippen LogP contribution >= 0.6 is 0 Å². The van der Waals surface area contributed by atoms with E-state index in [4.69, 9.17) is 0 Å². The van der Waals surface area contributed by atoms with Gasteiger partial charge in [0, 0.05) is 31.7 Å². The van der Waals surface area contributed by atoms with Crippen LogP contribution in [0.3, 0.4) is 0 Å². The number of piperidine rings is 1. The van der Waals surface area contributed by atoms with E-state index in [1.54, 1.807) is 16.5 Å². The molecule has 2 amide bonds. The summed E-state index contributed by atoms with van der Waals surface area (Å²) in [5.74, 6) is 0.614. The normalized spacial score (nSPS) is 15.1. The van der Waals surface area contributed by atoms with Gasteiger partial charge in [-0.1, -0.05) is 24.3 Å². The molecule has 4 rings (SSSR count). The Balaban J connectivity index is 1.45. The molecule has 0 bridgehead atoms. The molecule has 0 spiro atoms. The van der Waals surface area contributed by atoms with E-state index in [1.165, 1.54) is 16.8 Å². The molecule has 0 atom stereocenters. The highest BCUT2D eigenvalue weighted by Crippen LogP contribution is 2.31. The summed E-state index contributed by atoms with van der Waals surface area (Å²) in [6.45, 7) is 0.796. The number of benzene rings is 2. The Morgan fingerprint density at radius 3 is 2.41 bits per heavy atom. The van der Waals surface area contributed by atoms with E-state index in [0.717, 1.165) is 17.8 Å². The van der Waals surface area contributed by atoms with Crippen LogP contribution in [-0.4, -0.2) is 38.4 Å². The molecule has 0 radical (unpaired) electrons. The molecule has 7 nitrogen and oxygen atoms in total. The van der Waals surface area contributed by atoms with E-state index in [9.17, 15) is 22.8 Å². The lowest BCUT2D eigenvalue weighted by Crippen LogP contribution is -2.41. The lowest BCUT2D eigenvalue weighted by molar-refractivity contribution is -0.137. The van der Waals surface area contributed by atoms with Crippen molar-refractivity contribution in [3.63, 3.8) is 0 Å². The fraction of sp³-hybridized carbons (Fsp3) is 0.318. The predicted octanol–water partition coefficient (Wildman–Crippen LogP) is 4.00. The number of halogens is 3. The summed E-state index contributed by atoms with van der Waals surface area (Å²) < 4.78 is 41.6. The number of likely N-dealkylation sites (tertiary alicyclic amines) is 1. The first-order chi connectivity index (χ1) is 15.2. The van der Waals surface area contributed by atoms with Crippen molar-refractivity contribution in [3.8, 4) is 5.69 Å². The van der Waals surface area contributed by atoms with E-state index in [2.05, 4.69) is 10.4 Å². The minimum Gasteiger partial charge on any atom is -0.324 e. The highest BCUT2D eigenvalue weighted by atomic mass is 19.4. The zero-order chi connectivity index (χ0) is 22.9. The molecule has 0 unspecified atom stereocenters. The van der Waals surface area contributed by atoms with Crippen molar-refractivity contribution in [3.05, 3.63) is 76.5 Å². The third-order valence-electron chi connectivity index (χ3n) is 5.55. The van der Waals surface area contributed by atoms with Crippen LogP contribution in [0.15, 0.2) is 59.4 Å². The van der Waals surface area contributed by atoms with Crippen LogP contribution in [0.2, 0.25) is 0 Å². The number of alkyl halides is 3. The molecule has 1 saturated heterocycles. The molecule has 32 heavy (non-hydrogen) atoms. The van der Waals surface area contributed by atoms with Gasteiger partial charge in [-0.05, 0) is 43.2 Å². The molecule has 2 aromatic carbocycles. The number of aryl methyl sites for hydroxylation is 1. The van der Waals surface area contributed by atoms with Crippen molar-refractivity contribution in [1.29, 1.82) is 0 Å². The highest BCUT2D eigenvalue weighted by molar-refractivity contribution is 5.89.